The summed E-state index contributed by atoms with van der Waals surface area (Å²) in [7, 11) is 0. The summed E-state index contributed by atoms with van der Waals surface area (Å²) in [5.41, 5.74) is 1.69. The van der Waals surface area contributed by atoms with Crippen molar-refractivity contribution in [2.45, 2.75) is 5.75 Å². The first-order valence-corrected chi connectivity index (χ1v) is 5.07. The van der Waals surface area contributed by atoms with Gasteiger partial charge in [-0.05, 0) is 17.7 Å². The Bertz CT molecular complexity index is 362. The Kier molecular flexibility index (Phi) is 2.07. The van der Waals surface area contributed by atoms with Crippen LogP contribution >= 0.6 is 35.0 Å². The number of carbonyl (C=O) groups excluding carboxylic acids is 1. The Labute approximate surface area is 84.0 Å². The quantitative estimate of drug-likeness (QED) is 0.665. The highest BCUT2D eigenvalue weighted by Gasteiger charge is 2.21. The first kappa shape index (κ1) is 8.42. The fourth-order valence-electron chi connectivity index (χ4n) is 1.12. The van der Waals surface area contributed by atoms with Gasteiger partial charge in [0, 0.05) is 11.3 Å². The summed E-state index contributed by atoms with van der Waals surface area (Å²) in [5.74, 6) is 0.713. The number of hydrogen-bond donors (Lipinski definition) is 0. The normalized spacial score (nSPS) is 15.0. The summed E-state index contributed by atoms with van der Waals surface area (Å²) in [6.07, 6.45) is 0. The van der Waals surface area contributed by atoms with Gasteiger partial charge in [0.1, 0.15) is 0 Å². The molecule has 0 saturated carbocycles. The van der Waals surface area contributed by atoms with E-state index >= 15 is 0 Å². The van der Waals surface area contributed by atoms with Gasteiger partial charge in [-0.2, -0.15) is 0 Å². The highest BCUT2D eigenvalue weighted by Crippen LogP contribution is 2.35. The fraction of sp³-hybridized carbons (Fsp3) is 0.125. The zero-order valence-electron chi connectivity index (χ0n) is 5.93. The predicted molar refractivity (Wildman–Crippen MR) is 52.1 cm³/mol. The van der Waals surface area contributed by atoms with Gasteiger partial charge in [-0.1, -0.05) is 35.0 Å². The smallest absolute Gasteiger partial charge is 0.220 e. The van der Waals surface area contributed by atoms with Crippen LogP contribution in [0.15, 0.2) is 12.1 Å². The van der Waals surface area contributed by atoms with Crippen molar-refractivity contribution < 1.29 is 4.79 Å². The van der Waals surface area contributed by atoms with E-state index in [-0.39, 0.29) is 5.12 Å². The van der Waals surface area contributed by atoms with Gasteiger partial charge in [-0.15, -0.1) is 0 Å². The molecule has 0 radical (unpaired) electrons. The molecule has 0 aromatic heterocycles. The first-order valence-electron chi connectivity index (χ1n) is 3.33. The molecule has 0 unspecified atom stereocenters. The average Bonchev–Trinajstić information content (AvgIpc) is 2.35. The lowest BCUT2D eigenvalue weighted by Gasteiger charge is -1.98. The maximum absolute atomic E-state index is 11.2. The lowest BCUT2D eigenvalue weighted by Crippen LogP contribution is -1.88. The molecule has 0 aliphatic carbocycles. The van der Waals surface area contributed by atoms with Crippen molar-refractivity contribution in [1.82, 2.24) is 0 Å². The van der Waals surface area contributed by atoms with Gasteiger partial charge in [-0.25, -0.2) is 0 Å². The number of benzene rings is 1. The molecule has 0 bridgehead atoms. The largest absolute Gasteiger partial charge is 0.282 e. The van der Waals surface area contributed by atoms with Crippen molar-refractivity contribution >= 4 is 40.1 Å². The highest BCUT2D eigenvalue weighted by molar-refractivity contribution is 8.13. The molecule has 0 N–H and O–H groups in total. The van der Waals surface area contributed by atoms with E-state index in [1.54, 1.807) is 12.1 Å². The topological polar surface area (TPSA) is 17.1 Å². The van der Waals surface area contributed by atoms with Crippen molar-refractivity contribution in [3.8, 4) is 0 Å². The molecule has 12 heavy (non-hydrogen) atoms. The van der Waals surface area contributed by atoms with Crippen LogP contribution in [0.4, 0.5) is 0 Å². The number of fused-ring (bicyclic) bond motifs is 1. The van der Waals surface area contributed by atoms with Crippen LogP contribution in [0.5, 0.6) is 0 Å². The van der Waals surface area contributed by atoms with Crippen molar-refractivity contribution in [3.63, 3.8) is 0 Å². The SMILES string of the molecule is O=C1SCc2cc(Cl)c(Cl)cc21. The minimum absolute atomic E-state index is 0.0866. The van der Waals surface area contributed by atoms with E-state index in [9.17, 15) is 4.79 Å². The Morgan fingerprint density at radius 3 is 2.67 bits per heavy atom. The van der Waals surface area contributed by atoms with E-state index in [1.165, 1.54) is 11.8 Å². The van der Waals surface area contributed by atoms with E-state index in [0.29, 0.717) is 21.4 Å². The summed E-state index contributed by atoms with van der Waals surface area (Å²) in [6.45, 7) is 0. The number of thioether (sulfide) groups is 1. The van der Waals surface area contributed by atoms with Crippen molar-refractivity contribution in [2.75, 3.05) is 0 Å². The Hall–Kier alpha value is -0.180. The van der Waals surface area contributed by atoms with Gasteiger partial charge in [0.2, 0.25) is 5.12 Å². The highest BCUT2D eigenvalue weighted by atomic mass is 35.5. The molecule has 0 spiro atoms. The molecule has 1 aromatic carbocycles. The molecule has 62 valence electrons. The fourth-order valence-corrected chi connectivity index (χ4v) is 2.34. The standard InChI is InChI=1S/C8H4Cl2OS/c9-6-1-4-3-12-8(11)5(4)2-7(6)10/h1-2H,3H2. The summed E-state index contributed by atoms with van der Waals surface area (Å²) < 4.78 is 0. The molecule has 4 heteroatoms. The van der Waals surface area contributed by atoms with E-state index < -0.39 is 0 Å². The molecular formula is C8H4Cl2OS. The van der Waals surface area contributed by atoms with Gasteiger partial charge in [-0.3, -0.25) is 4.79 Å². The summed E-state index contributed by atoms with van der Waals surface area (Å²) in [4.78, 5) is 11.2. The van der Waals surface area contributed by atoms with Crippen LogP contribution in [0, 0.1) is 0 Å². The number of halogens is 2. The molecule has 1 aliphatic heterocycles. The molecule has 0 fully saturated rings. The van der Waals surface area contributed by atoms with Crippen LogP contribution in [-0.4, -0.2) is 5.12 Å². The molecule has 0 amide bonds. The third-order valence-corrected chi connectivity index (χ3v) is 3.38. The third kappa shape index (κ3) is 1.24. The van der Waals surface area contributed by atoms with E-state index in [1.807, 2.05) is 0 Å². The van der Waals surface area contributed by atoms with Gasteiger partial charge in [0.05, 0.1) is 10.0 Å². The van der Waals surface area contributed by atoms with E-state index in [0.717, 1.165) is 5.56 Å². The predicted octanol–water partition coefficient (Wildman–Crippen LogP) is 3.38. The van der Waals surface area contributed by atoms with Crippen LogP contribution < -0.4 is 0 Å². The van der Waals surface area contributed by atoms with Crippen LogP contribution in [0.1, 0.15) is 15.9 Å². The van der Waals surface area contributed by atoms with Gasteiger partial charge in [0.25, 0.3) is 0 Å². The molecule has 0 saturated heterocycles. The summed E-state index contributed by atoms with van der Waals surface area (Å²) in [5, 5.41) is 1.06. The van der Waals surface area contributed by atoms with E-state index in [4.69, 9.17) is 23.2 Å². The van der Waals surface area contributed by atoms with Crippen molar-refractivity contribution in [2.24, 2.45) is 0 Å². The molecule has 1 aromatic rings. The summed E-state index contributed by atoms with van der Waals surface area (Å²) in [6, 6.07) is 3.40. The van der Waals surface area contributed by atoms with Crippen molar-refractivity contribution in [3.05, 3.63) is 33.3 Å². The number of hydrogen-bond acceptors (Lipinski definition) is 2. The number of rotatable bonds is 0. The second-order valence-corrected chi connectivity index (χ2v) is 4.26. The average molecular weight is 219 g/mol. The van der Waals surface area contributed by atoms with Gasteiger partial charge >= 0.3 is 0 Å². The summed E-state index contributed by atoms with van der Waals surface area (Å²) >= 11 is 12.8. The van der Waals surface area contributed by atoms with Crippen LogP contribution in [0.25, 0.3) is 0 Å². The zero-order valence-corrected chi connectivity index (χ0v) is 8.26. The molecule has 1 nitrogen and oxygen atoms in total. The Morgan fingerprint density at radius 2 is 1.92 bits per heavy atom. The minimum atomic E-state index is 0.0866. The second-order valence-electron chi connectivity index (χ2n) is 2.50. The molecule has 0 atom stereocenters. The maximum Gasteiger partial charge on any atom is 0.220 e. The Balaban J connectivity index is 2.63. The second kappa shape index (κ2) is 2.95. The van der Waals surface area contributed by atoms with E-state index in [2.05, 4.69) is 0 Å². The lowest BCUT2D eigenvalue weighted by molar-refractivity contribution is 0.109. The van der Waals surface area contributed by atoms with Gasteiger partial charge < -0.3 is 0 Å². The zero-order chi connectivity index (χ0) is 8.72. The monoisotopic (exact) mass is 218 g/mol. The molecule has 1 aliphatic rings. The maximum atomic E-state index is 11.2. The first-order chi connectivity index (χ1) is 5.68. The van der Waals surface area contributed by atoms with Gasteiger partial charge in [0.15, 0.2) is 0 Å². The van der Waals surface area contributed by atoms with Crippen molar-refractivity contribution in [1.29, 1.82) is 0 Å². The number of carbonyl (C=O) groups is 1. The van der Waals surface area contributed by atoms with Crippen LogP contribution in [0.3, 0.4) is 0 Å². The molecule has 1 heterocycles. The minimum Gasteiger partial charge on any atom is -0.282 e. The lowest BCUT2D eigenvalue weighted by atomic mass is 10.1. The van der Waals surface area contributed by atoms with Crippen LogP contribution in [0.2, 0.25) is 10.0 Å². The molecule has 2 rings (SSSR count). The van der Waals surface area contributed by atoms with Crippen LogP contribution in [-0.2, 0) is 5.75 Å². The third-order valence-electron chi connectivity index (χ3n) is 1.72. The molecular weight excluding hydrogens is 215 g/mol. The Morgan fingerprint density at radius 1 is 1.25 bits per heavy atom.